The lowest BCUT2D eigenvalue weighted by Gasteiger charge is -2.10. The van der Waals surface area contributed by atoms with E-state index in [0.29, 0.717) is 18.3 Å². The Labute approximate surface area is 83.7 Å². The molecule has 3 N–H and O–H groups in total. The van der Waals surface area contributed by atoms with E-state index >= 15 is 0 Å². The minimum absolute atomic E-state index is 0.00870. The van der Waals surface area contributed by atoms with Crippen LogP contribution < -0.4 is 11.3 Å². The van der Waals surface area contributed by atoms with E-state index in [1.807, 2.05) is 0 Å². The molecular formula is C8H15N3O2S. The molecule has 0 aromatic rings. The van der Waals surface area contributed by atoms with Crippen LogP contribution in [-0.2, 0) is 9.84 Å². The number of hydrazine groups is 1. The van der Waals surface area contributed by atoms with E-state index < -0.39 is 9.84 Å². The van der Waals surface area contributed by atoms with Gasteiger partial charge in [0.05, 0.1) is 17.5 Å². The van der Waals surface area contributed by atoms with E-state index in [1.54, 1.807) is 0 Å². The van der Waals surface area contributed by atoms with Crippen LogP contribution in [0.4, 0.5) is 0 Å². The van der Waals surface area contributed by atoms with Gasteiger partial charge in [-0.1, -0.05) is 0 Å². The van der Waals surface area contributed by atoms with Gasteiger partial charge in [-0.2, -0.15) is 0 Å². The number of sulfone groups is 1. The highest BCUT2D eigenvalue weighted by Gasteiger charge is 2.32. The predicted octanol–water partition coefficient (Wildman–Crippen LogP) is -0.555. The molecule has 6 heteroatoms. The van der Waals surface area contributed by atoms with Crippen LogP contribution in [0.1, 0.15) is 19.3 Å². The fourth-order valence-corrected chi connectivity index (χ4v) is 3.42. The lowest BCUT2D eigenvalue weighted by molar-refractivity contribution is 0.601. The molecule has 2 rings (SSSR count). The molecular weight excluding hydrogens is 202 g/mol. The number of hydrogen-bond donors (Lipinski definition) is 2. The maximum Gasteiger partial charge on any atom is 0.151 e. The zero-order chi connectivity index (χ0) is 10.2. The third-order valence-corrected chi connectivity index (χ3v) is 4.40. The van der Waals surface area contributed by atoms with Crippen LogP contribution in [0, 0.1) is 5.92 Å². The molecule has 0 bridgehead atoms. The Hall–Kier alpha value is -0.620. The Kier molecular flexibility index (Phi) is 2.48. The molecule has 1 saturated heterocycles. The molecule has 2 fully saturated rings. The van der Waals surface area contributed by atoms with Gasteiger partial charge in [-0.15, -0.1) is 0 Å². The van der Waals surface area contributed by atoms with Gasteiger partial charge in [-0.3, -0.25) is 4.99 Å². The highest BCUT2D eigenvalue weighted by atomic mass is 32.2. The molecule has 1 saturated carbocycles. The molecule has 1 unspecified atom stereocenters. The number of aliphatic imine (C=N–C) groups is 1. The molecule has 0 radical (unpaired) electrons. The molecule has 5 nitrogen and oxygen atoms in total. The van der Waals surface area contributed by atoms with Crippen LogP contribution in [0.5, 0.6) is 0 Å². The van der Waals surface area contributed by atoms with E-state index in [2.05, 4.69) is 10.4 Å². The maximum atomic E-state index is 11.2. The third-order valence-electron chi connectivity index (χ3n) is 2.64. The van der Waals surface area contributed by atoms with E-state index in [0.717, 1.165) is 12.8 Å². The normalized spacial score (nSPS) is 31.8. The van der Waals surface area contributed by atoms with Crippen LogP contribution in [0.25, 0.3) is 0 Å². The molecule has 0 aromatic carbocycles. The summed E-state index contributed by atoms with van der Waals surface area (Å²) in [6.45, 7) is 0. The van der Waals surface area contributed by atoms with Crippen molar-refractivity contribution < 1.29 is 8.42 Å². The fraction of sp³-hybridized carbons (Fsp3) is 0.875. The molecule has 1 aliphatic heterocycles. The first-order valence-electron chi connectivity index (χ1n) is 4.85. The summed E-state index contributed by atoms with van der Waals surface area (Å²) in [6, 6.07) is 0.379. The largest absolute Gasteiger partial charge is 0.312 e. The summed E-state index contributed by atoms with van der Waals surface area (Å²) in [5.41, 5.74) is 2.54. The lowest BCUT2D eigenvalue weighted by Crippen LogP contribution is -2.37. The minimum atomic E-state index is -2.84. The summed E-state index contributed by atoms with van der Waals surface area (Å²) in [7, 11) is -2.84. The van der Waals surface area contributed by atoms with Gasteiger partial charge >= 0.3 is 0 Å². The van der Waals surface area contributed by atoms with E-state index in [4.69, 9.17) is 5.84 Å². The van der Waals surface area contributed by atoms with Gasteiger partial charge in [-0.25, -0.2) is 14.3 Å². The number of nitrogens with one attached hydrogen (secondary N) is 1. The van der Waals surface area contributed by atoms with E-state index in [1.165, 1.54) is 0 Å². The van der Waals surface area contributed by atoms with Crippen molar-refractivity contribution in [1.29, 1.82) is 0 Å². The zero-order valence-corrected chi connectivity index (χ0v) is 8.76. The van der Waals surface area contributed by atoms with E-state index in [-0.39, 0.29) is 17.4 Å². The van der Waals surface area contributed by atoms with Crippen LogP contribution in [0.15, 0.2) is 4.99 Å². The second kappa shape index (κ2) is 3.51. The Bertz CT molecular complexity index is 346. The number of amidine groups is 1. The second-order valence-electron chi connectivity index (χ2n) is 3.99. The first kappa shape index (κ1) is 9.92. The third kappa shape index (κ3) is 2.24. The summed E-state index contributed by atoms with van der Waals surface area (Å²) < 4.78 is 22.5. The minimum Gasteiger partial charge on any atom is -0.312 e. The van der Waals surface area contributed by atoms with Gasteiger partial charge in [0.25, 0.3) is 0 Å². The number of nitrogens with zero attached hydrogens (tertiary/aromatic N) is 1. The average molecular weight is 217 g/mol. The quantitative estimate of drug-likeness (QED) is 0.281. The van der Waals surface area contributed by atoms with Crippen LogP contribution in [0.2, 0.25) is 0 Å². The van der Waals surface area contributed by atoms with Gasteiger partial charge in [-0.05, 0) is 19.3 Å². The van der Waals surface area contributed by atoms with Crippen LogP contribution in [0.3, 0.4) is 0 Å². The maximum absolute atomic E-state index is 11.2. The molecule has 2 aliphatic rings. The highest BCUT2D eigenvalue weighted by molar-refractivity contribution is 7.91. The first-order chi connectivity index (χ1) is 6.61. The zero-order valence-electron chi connectivity index (χ0n) is 7.94. The summed E-state index contributed by atoms with van der Waals surface area (Å²) in [5, 5.41) is 0. The van der Waals surface area contributed by atoms with Gasteiger partial charge in [0, 0.05) is 5.92 Å². The SMILES string of the molecule is NNC(=NC1CC1)C1CCS(=O)(=O)C1. The summed E-state index contributed by atoms with van der Waals surface area (Å²) in [6.07, 6.45) is 2.85. The van der Waals surface area contributed by atoms with Crippen molar-refractivity contribution in [2.75, 3.05) is 11.5 Å². The second-order valence-corrected chi connectivity index (χ2v) is 6.22. The van der Waals surface area contributed by atoms with Crippen molar-refractivity contribution in [2.24, 2.45) is 16.8 Å². The Morgan fingerprint density at radius 3 is 2.50 bits per heavy atom. The van der Waals surface area contributed by atoms with Crippen LogP contribution >= 0.6 is 0 Å². The van der Waals surface area contributed by atoms with Gasteiger partial charge in [0.15, 0.2) is 9.84 Å². The Balaban J connectivity index is 2.06. The summed E-state index contributed by atoms with van der Waals surface area (Å²) in [4.78, 5) is 4.37. The van der Waals surface area contributed by atoms with Crippen LogP contribution in [-0.4, -0.2) is 31.8 Å². The van der Waals surface area contributed by atoms with Crippen molar-refractivity contribution in [3.63, 3.8) is 0 Å². The number of hydrogen-bond acceptors (Lipinski definition) is 4. The summed E-state index contributed by atoms with van der Waals surface area (Å²) >= 11 is 0. The van der Waals surface area contributed by atoms with Crippen molar-refractivity contribution >= 4 is 15.7 Å². The molecule has 80 valence electrons. The average Bonchev–Trinajstić information content (AvgIpc) is 2.86. The first-order valence-corrected chi connectivity index (χ1v) is 6.67. The van der Waals surface area contributed by atoms with Crippen molar-refractivity contribution in [2.45, 2.75) is 25.3 Å². The molecule has 0 amide bonds. The van der Waals surface area contributed by atoms with Gasteiger partial charge in [0.1, 0.15) is 5.84 Å². The molecule has 14 heavy (non-hydrogen) atoms. The lowest BCUT2D eigenvalue weighted by atomic mass is 10.1. The molecule has 0 spiro atoms. The van der Waals surface area contributed by atoms with Crippen molar-refractivity contribution in [3.8, 4) is 0 Å². The molecule has 1 aliphatic carbocycles. The van der Waals surface area contributed by atoms with E-state index in [9.17, 15) is 8.42 Å². The monoisotopic (exact) mass is 217 g/mol. The fourth-order valence-electron chi connectivity index (χ4n) is 1.67. The molecule has 1 heterocycles. The van der Waals surface area contributed by atoms with Gasteiger partial charge < -0.3 is 5.43 Å². The van der Waals surface area contributed by atoms with Crippen molar-refractivity contribution in [3.05, 3.63) is 0 Å². The highest BCUT2D eigenvalue weighted by Crippen LogP contribution is 2.26. The number of nitrogens with two attached hydrogens (primary N) is 1. The van der Waals surface area contributed by atoms with Crippen molar-refractivity contribution in [1.82, 2.24) is 5.43 Å². The standard InChI is InChI=1S/C8H15N3O2S/c9-11-8(10-7-1-2-7)6-3-4-14(12,13)5-6/h6-7H,1-5,9H2,(H,10,11). The molecule has 0 aromatic heterocycles. The Morgan fingerprint density at radius 1 is 1.36 bits per heavy atom. The topological polar surface area (TPSA) is 84.5 Å². The summed E-state index contributed by atoms with van der Waals surface area (Å²) in [5.74, 6) is 6.47. The number of rotatable bonds is 2. The Morgan fingerprint density at radius 2 is 2.07 bits per heavy atom. The van der Waals surface area contributed by atoms with Gasteiger partial charge in [0.2, 0.25) is 0 Å². The smallest absolute Gasteiger partial charge is 0.151 e. The molecule has 1 atom stereocenters. The predicted molar refractivity (Wildman–Crippen MR) is 54.5 cm³/mol.